The van der Waals surface area contributed by atoms with E-state index in [1.807, 2.05) is 19.1 Å². The van der Waals surface area contributed by atoms with E-state index in [1.165, 1.54) is 44.3 Å². The van der Waals surface area contributed by atoms with Gasteiger partial charge in [0.2, 0.25) is 0 Å². The fraction of sp³-hybridized carbons (Fsp3) is 0.667. The van der Waals surface area contributed by atoms with E-state index in [4.69, 9.17) is 10.5 Å². The van der Waals surface area contributed by atoms with E-state index < -0.39 is 0 Å². The molecule has 0 amide bonds. The van der Waals surface area contributed by atoms with Crippen molar-refractivity contribution in [3.63, 3.8) is 0 Å². The van der Waals surface area contributed by atoms with Gasteiger partial charge in [-0.2, -0.15) is 0 Å². The van der Waals surface area contributed by atoms with Crippen molar-refractivity contribution in [1.29, 1.82) is 0 Å². The number of benzene rings is 1. The summed E-state index contributed by atoms with van der Waals surface area (Å²) < 4.78 is 5.48. The van der Waals surface area contributed by atoms with Gasteiger partial charge in [0.1, 0.15) is 5.75 Å². The summed E-state index contributed by atoms with van der Waals surface area (Å²) in [5.41, 5.74) is 7.59. The average Bonchev–Trinajstić information content (AvgIpc) is 2.73. The molecule has 1 aromatic rings. The predicted octanol–water partition coefficient (Wildman–Crippen LogP) is 3.60. The van der Waals surface area contributed by atoms with E-state index in [2.05, 4.69) is 24.0 Å². The molecule has 2 atom stereocenters. The number of hydrogen-bond acceptors (Lipinski definition) is 3. The van der Waals surface area contributed by atoms with Gasteiger partial charge in [-0.3, -0.25) is 0 Å². The lowest BCUT2D eigenvalue weighted by Crippen LogP contribution is -2.33. The molecule has 3 heteroatoms. The van der Waals surface area contributed by atoms with Crippen LogP contribution in [0.5, 0.6) is 5.75 Å². The average molecular weight is 290 g/mol. The summed E-state index contributed by atoms with van der Waals surface area (Å²) in [5, 5.41) is 0. The lowest BCUT2D eigenvalue weighted by atomic mass is 9.98. The molecule has 1 aromatic carbocycles. The Kier molecular flexibility index (Phi) is 6.52. The highest BCUT2D eigenvalue weighted by atomic mass is 16.5. The van der Waals surface area contributed by atoms with Gasteiger partial charge in [0.25, 0.3) is 0 Å². The zero-order chi connectivity index (χ0) is 15.1. The highest BCUT2D eigenvalue weighted by molar-refractivity contribution is 5.29. The topological polar surface area (TPSA) is 38.5 Å². The molecule has 0 aliphatic carbocycles. The molecule has 1 fully saturated rings. The summed E-state index contributed by atoms with van der Waals surface area (Å²) in [4.78, 5) is 2.54. The Labute approximate surface area is 129 Å². The fourth-order valence-electron chi connectivity index (χ4n) is 3.18. The van der Waals surface area contributed by atoms with Gasteiger partial charge >= 0.3 is 0 Å². The summed E-state index contributed by atoms with van der Waals surface area (Å²) in [6, 6.07) is 8.34. The molecule has 1 aliphatic heterocycles. The van der Waals surface area contributed by atoms with Crippen LogP contribution in [0.4, 0.5) is 0 Å². The number of ether oxygens (including phenoxy) is 1. The maximum absolute atomic E-state index is 6.39. The van der Waals surface area contributed by atoms with E-state index in [1.54, 1.807) is 0 Å². The molecule has 0 radical (unpaired) electrons. The first-order valence-electron chi connectivity index (χ1n) is 8.43. The van der Waals surface area contributed by atoms with Gasteiger partial charge in [-0.25, -0.2) is 0 Å². The van der Waals surface area contributed by atoms with Crippen molar-refractivity contribution < 1.29 is 4.74 Å². The lowest BCUT2D eigenvalue weighted by Gasteiger charge is -2.24. The van der Waals surface area contributed by atoms with Gasteiger partial charge in [-0.05, 0) is 62.9 Å². The Morgan fingerprint density at radius 1 is 1.19 bits per heavy atom. The molecule has 2 unspecified atom stereocenters. The fourth-order valence-corrected chi connectivity index (χ4v) is 3.18. The number of nitrogens with zero attached hydrogens (tertiary/aromatic N) is 1. The van der Waals surface area contributed by atoms with Crippen LogP contribution in [0.2, 0.25) is 0 Å². The molecular formula is C18H30N2O. The van der Waals surface area contributed by atoms with Crippen LogP contribution in [-0.4, -0.2) is 31.1 Å². The van der Waals surface area contributed by atoms with Crippen LogP contribution in [0.3, 0.4) is 0 Å². The summed E-state index contributed by atoms with van der Waals surface area (Å²) in [6.45, 7) is 8.38. The maximum Gasteiger partial charge on any atom is 0.119 e. The van der Waals surface area contributed by atoms with Crippen molar-refractivity contribution in [3.05, 3.63) is 29.8 Å². The van der Waals surface area contributed by atoms with Crippen molar-refractivity contribution >= 4 is 0 Å². The second-order valence-electron chi connectivity index (χ2n) is 6.11. The first-order valence-corrected chi connectivity index (χ1v) is 8.43. The Morgan fingerprint density at radius 3 is 2.62 bits per heavy atom. The Hall–Kier alpha value is -1.06. The Bertz CT molecular complexity index is 404. The number of rotatable bonds is 6. The molecule has 3 nitrogen and oxygen atoms in total. The van der Waals surface area contributed by atoms with E-state index >= 15 is 0 Å². The van der Waals surface area contributed by atoms with Gasteiger partial charge in [-0.1, -0.05) is 25.5 Å². The van der Waals surface area contributed by atoms with Crippen molar-refractivity contribution in [1.82, 2.24) is 4.90 Å². The van der Waals surface area contributed by atoms with Crippen LogP contribution in [0.25, 0.3) is 0 Å². The third kappa shape index (κ3) is 5.01. The van der Waals surface area contributed by atoms with Crippen LogP contribution < -0.4 is 10.5 Å². The van der Waals surface area contributed by atoms with Gasteiger partial charge < -0.3 is 15.4 Å². The van der Waals surface area contributed by atoms with E-state index in [0.717, 1.165) is 18.2 Å². The second-order valence-corrected chi connectivity index (χ2v) is 6.11. The third-order valence-corrected chi connectivity index (χ3v) is 4.59. The molecule has 0 bridgehead atoms. The largest absolute Gasteiger partial charge is 0.494 e. The summed E-state index contributed by atoms with van der Waals surface area (Å²) >= 11 is 0. The molecular weight excluding hydrogens is 260 g/mol. The van der Waals surface area contributed by atoms with Gasteiger partial charge in [0, 0.05) is 12.6 Å². The van der Waals surface area contributed by atoms with Crippen molar-refractivity contribution in [2.45, 2.75) is 45.6 Å². The van der Waals surface area contributed by atoms with E-state index in [9.17, 15) is 0 Å². The Morgan fingerprint density at radius 2 is 1.95 bits per heavy atom. The quantitative estimate of drug-likeness (QED) is 0.870. The molecule has 1 saturated heterocycles. The Balaban J connectivity index is 1.86. The van der Waals surface area contributed by atoms with Crippen molar-refractivity contribution in [2.24, 2.45) is 11.7 Å². The van der Waals surface area contributed by atoms with Gasteiger partial charge in [-0.15, -0.1) is 0 Å². The molecule has 1 heterocycles. The molecule has 2 rings (SSSR count). The lowest BCUT2D eigenvalue weighted by molar-refractivity contribution is 0.263. The number of hydrogen-bond donors (Lipinski definition) is 1. The van der Waals surface area contributed by atoms with Crippen LogP contribution in [0, 0.1) is 5.92 Å². The normalized spacial score (nSPS) is 21.8. The van der Waals surface area contributed by atoms with E-state index in [0.29, 0.717) is 6.61 Å². The minimum atomic E-state index is 0.0962. The SMILES string of the molecule is CCOc1ccc(C(N)CN2CCCC(CC)CC2)cc1. The van der Waals surface area contributed by atoms with Crippen LogP contribution >= 0.6 is 0 Å². The molecule has 118 valence electrons. The second kappa shape index (κ2) is 8.40. The molecule has 2 N–H and O–H groups in total. The zero-order valence-corrected chi connectivity index (χ0v) is 13.6. The zero-order valence-electron chi connectivity index (χ0n) is 13.6. The number of likely N-dealkylation sites (tertiary alicyclic amines) is 1. The van der Waals surface area contributed by atoms with Crippen LogP contribution in [-0.2, 0) is 0 Å². The maximum atomic E-state index is 6.39. The standard InChI is InChI=1S/C18H30N2O/c1-3-15-6-5-12-20(13-11-15)14-18(19)16-7-9-17(10-8-16)21-4-2/h7-10,15,18H,3-6,11-14,19H2,1-2H3. The van der Waals surface area contributed by atoms with Crippen LogP contribution in [0.1, 0.15) is 51.1 Å². The first kappa shape index (κ1) is 16.3. The number of nitrogens with two attached hydrogens (primary N) is 1. The molecule has 0 saturated carbocycles. The minimum absolute atomic E-state index is 0.0962. The highest BCUT2D eigenvalue weighted by Gasteiger charge is 2.18. The molecule has 0 aromatic heterocycles. The van der Waals surface area contributed by atoms with Crippen molar-refractivity contribution in [2.75, 3.05) is 26.2 Å². The molecule has 0 spiro atoms. The van der Waals surface area contributed by atoms with Gasteiger partial charge in [0.05, 0.1) is 6.61 Å². The summed E-state index contributed by atoms with van der Waals surface area (Å²) in [7, 11) is 0. The summed E-state index contributed by atoms with van der Waals surface area (Å²) in [6.07, 6.45) is 5.34. The van der Waals surface area contributed by atoms with E-state index in [-0.39, 0.29) is 6.04 Å². The molecule has 1 aliphatic rings. The van der Waals surface area contributed by atoms with Crippen molar-refractivity contribution in [3.8, 4) is 5.75 Å². The minimum Gasteiger partial charge on any atom is -0.494 e. The predicted molar refractivity (Wildman–Crippen MR) is 88.6 cm³/mol. The smallest absolute Gasteiger partial charge is 0.119 e. The van der Waals surface area contributed by atoms with Crippen LogP contribution in [0.15, 0.2) is 24.3 Å². The monoisotopic (exact) mass is 290 g/mol. The highest BCUT2D eigenvalue weighted by Crippen LogP contribution is 2.22. The third-order valence-electron chi connectivity index (χ3n) is 4.59. The van der Waals surface area contributed by atoms with Gasteiger partial charge in [0.15, 0.2) is 0 Å². The molecule has 21 heavy (non-hydrogen) atoms. The first-order chi connectivity index (χ1) is 10.2. The summed E-state index contributed by atoms with van der Waals surface area (Å²) in [5.74, 6) is 1.84.